The van der Waals surface area contributed by atoms with Gasteiger partial charge in [0, 0.05) is 17.1 Å². The monoisotopic (exact) mass is 430 g/mol. The molecule has 7 nitrogen and oxygen atoms in total. The van der Waals surface area contributed by atoms with E-state index in [9.17, 15) is 19.2 Å². The number of nitrogens with one attached hydrogen (secondary N) is 1. The van der Waals surface area contributed by atoms with Crippen molar-refractivity contribution in [1.82, 2.24) is 4.90 Å². The summed E-state index contributed by atoms with van der Waals surface area (Å²) in [6.07, 6.45) is 0.631. The summed E-state index contributed by atoms with van der Waals surface area (Å²) in [5.74, 6) is -2.02. The van der Waals surface area contributed by atoms with Crippen molar-refractivity contribution in [3.63, 3.8) is 0 Å². The van der Waals surface area contributed by atoms with Crippen molar-refractivity contribution in [3.8, 4) is 0 Å². The minimum atomic E-state index is -0.747. The number of fused-ring (bicyclic) bond motifs is 2. The third kappa shape index (κ3) is 3.85. The zero-order valence-corrected chi connectivity index (χ0v) is 17.8. The van der Waals surface area contributed by atoms with Gasteiger partial charge in [-0.2, -0.15) is 0 Å². The van der Waals surface area contributed by atoms with Gasteiger partial charge in [-0.1, -0.05) is 43.3 Å². The van der Waals surface area contributed by atoms with Gasteiger partial charge < -0.3 is 10.1 Å². The molecule has 1 aliphatic rings. The van der Waals surface area contributed by atoms with Gasteiger partial charge in [-0.15, -0.1) is 0 Å². The smallest absolute Gasteiger partial charge is 0.338 e. The van der Waals surface area contributed by atoms with Crippen molar-refractivity contribution in [3.05, 3.63) is 77.4 Å². The minimum Gasteiger partial charge on any atom is -0.452 e. The lowest BCUT2D eigenvalue weighted by Gasteiger charge is -2.20. The first-order valence-electron chi connectivity index (χ1n) is 10.4. The summed E-state index contributed by atoms with van der Waals surface area (Å²) in [6, 6.07) is 17.1. The highest BCUT2D eigenvalue weighted by molar-refractivity contribution is 6.22. The Labute approximate surface area is 185 Å². The number of carbonyl (C=O) groups excluding carboxylic acids is 4. The number of hydrogen-bond acceptors (Lipinski definition) is 5. The maximum atomic E-state index is 12.6. The topological polar surface area (TPSA) is 92.8 Å². The first-order chi connectivity index (χ1) is 15.4. The molecule has 1 N–H and O–H groups in total. The normalized spacial score (nSPS) is 13.8. The highest BCUT2D eigenvalue weighted by Gasteiger charge is 2.38. The van der Waals surface area contributed by atoms with Crippen LogP contribution in [-0.4, -0.2) is 41.2 Å². The maximum Gasteiger partial charge on any atom is 0.338 e. The second-order valence-corrected chi connectivity index (χ2v) is 7.65. The number of nitrogens with zero attached hydrogens (tertiary/aromatic N) is 1. The quantitative estimate of drug-likeness (QED) is 0.471. The molecule has 3 aromatic carbocycles. The molecule has 1 unspecified atom stereocenters. The van der Waals surface area contributed by atoms with E-state index in [0.717, 1.165) is 10.8 Å². The summed E-state index contributed by atoms with van der Waals surface area (Å²) in [5.41, 5.74) is 1.16. The third-order valence-corrected chi connectivity index (χ3v) is 5.58. The van der Waals surface area contributed by atoms with Gasteiger partial charge in [-0.3, -0.25) is 19.3 Å². The Kier molecular flexibility index (Phi) is 5.73. The fraction of sp³-hybridized carbons (Fsp3) is 0.200. The van der Waals surface area contributed by atoms with E-state index in [4.69, 9.17) is 4.74 Å². The molecular formula is C25H22N2O5. The standard InChI is InChI=1S/C25H22N2O5/c1-3-15(2)27-23(29)19-12-11-17(13-20(19)24(27)30)25(31)32-14-22(28)26-21-10-6-8-16-7-4-5-9-18(16)21/h4-13,15H,3,14H2,1-2H3,(H,26,28). The first kappa shape index (κ1) is 21.2. The molecule has 7 heteroatoms. The molecule has 1 atom stereocenters. The number of ether oxygens (including phenoxy) is 1. The predicted octanol–water partition coefficient (Wildman–Crippen LogP) is 4.03. The number of imide groups is 1. The van der Waals surface area contributed by atoms with Crippen LogP contribution in [0.5, 0.6) is 0 Å². The lowest BCUT2D eigenvalue weighted by Crippen LogP contribution is -2.37. The van der Waals surface area contributed by atoms with Gasteiger partial charge in [-0.25, -0.2) is 4.79 Å². The Morgan fingerprint density at radius 2 is 1.69 bits per heavy atom. The molecule has 0 spiro atoms. The molecule has 0 fully saturated rings. The molecule has 0 aromatic heterocycles. The SMILES string of the molecule is CCC(C)N1C(=O)c2ccc(C(=O)OCC(=O)Nc3cccc4ccccc34)cc2C1=O. The van der Waals surface area contributed by atoms with E-state index in [1.54, 1.807) is 13.0 Å². The predicted molar refractivity (Wildman–Crippen MR) is 120 cm³/mol. The van der Waals surface area contributed by atoms with Gasteiger partial charge in [0.25, 0.3) is 17.7 Å². The number of amides is 3. The van der Waals surface area contributed by atoms with E-state index in [2.05, 4.69) is 5.32 Å². The lowest BCUT2D eigenvalue weighted by atomic mass is 10.1. The van der Waals surface area contributed by atoms with Gasteiger partial charge in [0.15, 0.2) is 6.61 Å². The Bertz CT molecular complexity index is 1240. The molecular weight excluding hydrogens is 408 g/mol. The first-order valence-corrected chi connectivity index (χ1v) is 10.4. The van der Waals surface area contributed by atoms with Crippen LogP contribution in [0.25, 0.3) is 10.8 Å². The fourth-order valence-electron chi connectivity index (χ4n) is 3.70. The van der Waals surface area contributed by atoms with Crippen molar-refractivity contribution in [1.29, 1.82) is 0 Å². The van der Waals surface area contributed by atoms with Gasteiger partial charge in [0.1, 0.15) is 0 Å². The molecule has 4 rings (SSSR count). The molecule has 0 bridgehead atoms. The van der Waals surface area contributed by atoms with Crippen LogP contribution in [0.3, 0.4) is 0 Å². The second-order valence-electron chi connectivity index (χ2n) is 7.65. The number of rotatable bonds is 6. The van der Waals surface area contributed by atoms with Crippen LogP contribution >= 0.6 is 0 Å². The minimum absolute atomic E-state index is 0.105. The van der Waals surface area contributed by atoms with Crippen LogP contribution in [0.2, 0.25) is 0 Å². The summed E-state index contributed by atoms with van der Waals surface area (Å²) >= 11 is 0. The third-order valence-electron chi connectivity index (χ3n) is 5.58. The summed E-state index contributed by atoms with van der Waals surface area (Å²) in [7, 11) is 0. The molecule has 1 aliphatic heterocycles. The summed E-state index contributed by atoms with van der Waals surface area (Å²) in [4.78, 5) is 51.2. The summed E-state index contributed by atoms with van der Waals surface area (Å²) in [6.45, 7) is 3.21. The van der Waals surface area contributed by atoms with Crippen molar-refractivity contribution >= 4 is 40.2 Å². The van der Waals surface area contributed by atoms with Crippen LogP contribution in [-0.2, 0) is 9.53 Å². The van der Waals surface area contributed by atoms with E-state index >= 15 is 0 Å². The van der Waals surface area contributed by atoms with E-state index in [0.29, 0.717) is 12.1 Å². The zero-order valence-electron chi connectivity index (χ0n) is 17.8. The zero-order chi connectivity index (χ0) is 22.8. The van der Waals surface area contributed by atoms with Crippen LogP contribution in [0.4, 0.5) is 5.69 Å². The molecule has 32 heavy (non-hydrogen) atoms. The van der Waals surface area contributed by atoms with Crippen LogP contribution in [0, 0.1) is 0 Å². The molecule has 3 aromatic rings. The Morgan fingerprint density at radius 3 is 2.47 bits per heavy atom. The molecule has 0 radical (unpaired) electrons. The summed E-state index contributed by atoms with van der Waals surface area (Å²) < 4.78 is 5.13. The maximum absolute atomic E-state index is 12.6. The molecule has 1 heterocycles. The summed E-state index contributed by atoms with van der Waals surface area (Å²) in [5, 5.41) is 4.60. The average Bonchev–Trinajstić information content (AvgIpc) is 3.06. The Hall–Kier alpha value is -4.00. The molecule has 0 saturated heterocycles. The number of hydrogen-bond donors (Lipinski definition) is 1. The number of esters is 1. The Morgan fingerprint density at radius 1 is 0.969 bits per heavy atom. The molecule has 3 amide bonds. The second kappa shape index (κ2) is 8.63. The molecule has 0 aliphatic carbocycles. The van der Waals surface area contributed by atoms with Crippen LogP contribution in [0.1, 0.15) is 51.3 Å². The van der Waals surface area contributed by atoms with Gasteiger partial charge >= 0.3 is 5.97 Å². The van der Waals surface area contributed by atoms with E-state index < -0.39 is 24.4 Å². The van der Waals surface area contributed by atoms with Crippen molar-refractivity contribution < 1.29 is 23.9 Å². The Balaban J connectivity index is 1.43. The number of benzene rings is 3. The highest BCUT2D eigenvalue weighted by atomic mass is 16.5. The van der Waals surface area contributed by atoms with Crippen LogP contribution in [0.15, 0.2) is 60.7 Å². The van der Waals surface area contributed by atoms with Gasteiger partial charge in [0.05, 0.1) is 16.7 Å². The lowest BCUT2D eigenvalue weighted by molar-refractivity contribution is -0.119. The van der Waals surface area contributed by atoms with E-state index in [-0.39, 0.29) is 28.6 Å². The van der Waals surface area contributed by atoms with E-state index in [1.165, 1.54) is 23.1 Å². The van der Waals surface area contributed by atoms with Crippen molar-refractivity contribution in [2.45, 2.75) is 26.3 Å². The van der Waals surface area contributed by atoms with Crippen LogP contribution < -0.4 is 5.32 Å². The van der Waals surface area contributed by atoms with E-state index in [1.807, 2.05) is 43.3 Å². The average molecular weight is 430 g/mol. The van der Waals surface area contributed by atoms with Gasteiger partial charge in [-0.05, 0) is 43.0 Å². The number of anilines is 1. The van der Waals surface area contributed by atoms with Crippen molar-refractivity contribution in [2.24, 2.45) is 0 Å². The molecule has 0 saturated carbocycles. The molecule has 162 valence electrons. The highest BCUT2D eigenvalue weighted by Crippen LogP contribution is 2.27. The number of carbonyl (C=O) groups is 4. The van der Waals surface area contributed by atoms with Gasteiger partial charge in [0.2, 0.25) is 0 Å². The fourth-order valence-corrected chi connectivity index (χ4v) is 3.70. The largest absolute Gasteiger partial charge is 0.452 e. The van der Waals surface area contributed by atoms with Crippen molar-refractivity contribution in [2.75, 3.05) is 11.9 Å².